The fraction of sp³-hybridized carbons (Fsp3) is 0.824. The number of amides is 1. The van der Waals surface area contributed by atoms with Crippen molar-refractivity contribution in [3.63, 3.8) is 0 Å². The van der Waals surface area contributed by atoms with Gasteiger partial charge in [0.15, 0.2) is 0 Å². The first-order valence-electron chi connectivity index (χ1n) is 8.40. The molecule has 4 heteroatoms. The molecule has 0 spiro atoms. The summed E-state index contributed by atoms with van der Waals surface area (Å²) in [5, 5.41) is 21.9. The maximum absolute atomic E-state index is 11.8. The molecule has 0 aliphatic carbocycles. The minimum atomic E-state index is -0.824. The number of rotatable bonds is 13. The SMILES string of the molecule is CCC/C=C/[C@@H](O)[C@H](CO)NC(=O)CCCCCCCC. The van der Waals surface area contributed by atoms with E-state index in [1.165, 1.54) is 25.7 Å². The van der Waals surface area contributed by atoms with Gasteiger partial charge in [0, 0.05) is 6.42 Å². The van der Waals surface area contributed by atoms with Crippen LogP contribution in [-0.4, -0.2) is 34.9 Å². The van der Waals surface area contributed by atoms with Crippen LogP contribution < -0.4 is 5.32 Å². The van der Waals surface area contributed by atoms with Crippen LogP contribution in [0.2, 0.25) is 0 Å². The molecule has 124 valence electrons. The summed E-state index contributed by atoms with van der Waals surface area (Å²) < 4.78 is 0. The summed E-state index contributed by atoms with van der Waals surface area (Å²) >= 11 is 0. The fourth-order valence-electron chi connectivity index (χ4n) is 2.12. The van der Waals surface area contributed by atoms with Crippen molar-refractivity contribution in [1.82, 2.24) is 5.32 Å². The molecule has 0 unspecified atom stereocenters. The van der Waals surface area contributed by atoms with Crippen LogP contribution in [0.1, 0.15) is 71.6 Å². The van der Waals surface area contributed by atoms with E-state index in [1.54, 1.807) is 6.08 Å². The zero-order chi connectivity index (χ0) is 15.9. The monoisotopic (exact) mass is 299 g/mol. The topological polar surface area (TPSA) is 69.6 Å². The van der Waals surface area contributed by atoms with Crippen molar-refractivity contribution in [3.8, 4) is 0 Å². The van der Waals surface area contributed by atoms with E-state index < -0.39 is 12.1 Å². The van der Waals surface area contributed by atoms with Gasteiger partial charge in [-0.3, -0.25) is 4.79 Å². The molecule has 0 aliphatic heterocycles. The first-order valence-corrected chi connectivity index (χ1v) is 8.40. The largest absolute Gasteiger partial charge is 0.394 e. The summed E-state index contributed by atoms with van der Waals surface area (Å²) in [4.78, 5) is 11.8. The minimum absolute atomic E-state index is 0.0903. The molecule has 0 aromatic heterocycles. The number of nitrogens with one attached hydrogen (secondary N) is 1. The van der Waals surface area contributed by atoms with Crippen LogP contribution in [0.5, 0.6) is 0 Å². The zero-order valence-electron chi connectivity index (χ0n) is 13.7. The van der Waals surface area contributed by atoms with Gasteiger partial charge in [0.05, 0.1) is 18.8 Å². The highest BCUT2D eigenvalue weighted by Gasteiger charge is 2.17. The van der Waals surface area contributed by atoms with Gasteiger partial charge < -0.3 is 15.5 Å². The van der Waals surface area contributed by atoms with E-state index in [1.807, 2.05) is 6.08 Å². The van der Waals surface area contributed by atoms with E-state index in [0.29, 0.717) is 6.42 Å². The number of hydrogen-bond donors (Lipinski definition) is 3. The number of aliphatic hydroxyl groups is 2. The lowest BCUT2D eigenvalue weighted by atomic mass is 10.1. The van der Waals surface area contributed by atoms with Gasteiger partial charge >= 0.3 is 0 Å². The minimum Gasteiger partial charge on any atom is -0.394 e. The van der Waals surface area contributed by atoms with Crippen molar-refractivity contribution in [3.05, 3.63) is 12.2 Å². The van der Waals surface area contributed by atoms with Crippen LogP contribution in [0.25, 0.3) is 0 Å². The van der Waals surface area contributed by atoms with Crippen molar-refractivity contribution >= 4 is 5.91 Å². The molecular weight excluding hydrogens is 266 g/mol. The fourth-order valence-corrected chi connectivity index (χ4v) is 2.12. The van der Waals surface area contributed by atoms with Gasteiger partial charge in [0.1, 0.15) is 0 Å². The number of unbranched alkanes of at least 4 members (excludes halogenated alkanes) is 6. The molecular formula is C17H33NO3. The standard InChI is InChI=1S/C17H33NO3/c1-3-5-7-8-9-11-13-17(21)18-15(14-19)16(20)12-10-6-4-2/h10,12,15-16,19-20H,3-9,11,13-14H2,1-2H3,(H,18,21)/b12-10+/t15-,16+/m0/s1. The summed E-state index contributed by atoms with van der Waals surface area (Å²) in [6, 6.07) is -0.606. The molecule has 0 radical (unpaired) electrons. The Morgan fingerprint density at radius 1 is 1.10 bits per heavy atom. The van der Waals surface area contributed by atoms with Gasteiger partial charge in [-0.05, 0) is 12.8 Å². The second kappa shape index (κ2) is 14.1. The highest BCUT2D eigenvalue weighted by Crippen LogP contribution is 2.07. The number of allylic oxidation sites excluding steroid dienone is 1. The molecule has 0 aliphatic rings. The predicted octanol–water partition coefficient (Wildman–Crippen LogP) is 2.93. The summed E-state index contributed by atoms with van der Waals surface area (Å²) in [5.74, 6) is -0.0903. The molecule has 0 aromatic carbocycles. The molecule has 0 aromatic rings. The van der Waals surface area contributed by atoms with Crippen molar-refractivity contribution < 1.29 is 15.0 Å². The molecule has 0 bridgehead atoms. The van der Waals surface area contributed by atoms with Crippen molar-refractivity contribution in [2.45, 2.75) is 83.8 Å². The quantitative estimate of drug-likeness (QED) is 0.362. The molecule has 0 heterocycles. The average molecular weight is 299 g/mol. The predicted molar refractivity (Wildman–Crippen MR) is 87.1 cm³/mol. The second-order valence-corrected chi connectivity index (χ2v) is 5.58. The molecule has 1 amide bonds. The normalized spacial score (nSPS) is 14.3. The third-order valence-corrected chi connectivity index (χ3v) is 3.50. The van der Waals surface area contributed by atoms with E-state index in [0.717, 1.165) is 25.7 Å². The Morgan fingerprint density at radius 3 is 2.38 bits per heavy atom. The third-order valence-electron chi connectivity index (χ3n) is 3.50. The number of aliphatic hydroxyl groups excluding tert-OH is 2. The van der Waals surface area contributed by atoms with Crippen molar-refractivity contribution in [2.24, 2.45) is 0 Å². The summed E-state index contributed by atoms with van der Waals surface area (Å²) in [6.45, 7) is 3.99. The number of carbonyl (C=O) groups is 1. The molecule has 3 N–H and O–H groups in total. The van der Waals surface area contributed by atoms with Gasteiger partial charge in [-0.15, -0.1) is 0 Å². The number of carbonyl (C=O) groups excluding carboxylic acids is 1. The first-order chi connectivity index (χ1) is 10.2. The Kier molecular flexibility index (Phi) is 13.5. The Balaban J connectivity index is 3.87. The highest BCUT2D eigenvalue weighted by atomic mass is 16.3. The van der Waals surface area contributed by atoms with Crippen LogP contribution >= 0.6 is 0 Å². The van der Waals surface area contributed by atoms with Gasteiger partial charge in [-0.25, -0.2) is 0 Å². The average Bonchev–Trinajstić information content (AvgIpc) is 2.48. The maximum atomic E-state index is 11.8. The van der Waals surface area contributed by atoms with Crippen LogP contribution in [0.15, 0.2) is 12.2 Å². The lowest BCUT2D eigenvalue weighted by molar-refractivity contribution is -0.123. The molecule has 21 heavy (non-hydrogen) atoms. The molecule has 0 saturated carbocycles. The van der Waals surface area contributed by atoms with E-state index in [4.69, 9.17) is 0 Å². The zero-order valence-corrected chi connectivity index (χ0v) is 13.7. The lowest BCUT2D eigenvalue weighted by Crippen LogP contribution is -2.45. The maximum Gasteiger partial charge on any atom is 0.220 e. The molecule has 0 fully saturated rings. The van der Waals surface area contributed by atoms with Crippen molar-refractivity contribution in [1.29, 1.82) is 0 Å². The molecule has 0 saturated heterocycles. The third kappa shape index (κ3) is 11.5. The van der Waals surface area contributed by atoms with Gasteiger partial charge in [-0.1, -0.05) is 64.5 Å². The number of hydrogen-bond acceptors (Lipinski definition) is 3. The Hall–Kier alpha value is -0.870. The molecule has 0 rings (SSSR count). The first kappa shape index (κ1) is 20.1. The van der Waals surface area contributed by atoms with Crippen LogP contribution in [0.3, 0.4) is 0 Å². The second-order valence-electron chi connectivity index (χ2n) is 5.58. The summed E-state index contributed by atoms with van der Waals surface area (Å²) in [6.07, 6.45) is 11.9. The molecule has 4 nitrogen and oxygen atoms in total. The van der Waals surface area contributed by atoms with Gasteiger partial charge in [-0.2, -0.15) is 0 Å². The Morgan fingerprint density at radius 2 is 1.76 bits per heavy atom. The summed E-state index contributed by atoms with van der Waals surface area (Å²) in [7, 11) is 0. The smallest absolute Gasteiger partial charge is 0.220 e. The van der Waals surface area contributed by atoms with Gasteiger partial charge in [0.25, 0.3) is 0 Å². The van der Waals surface area contributed by atoms with E-state index >= 15 is 0 Å². The van der Waals surface area contributed by atoms with Crippen molar-refractivity contribution in [2.75, 3.05) is 6.61 Å². The van der Waals surface area contributed by atoms with Gasteiger partial charge in [0.2, 0.25) is 5.91 Å². The van der Waals surface area contributed by atoms with Crippen LogP contribution in [-0.2, 0) is 4.79 Å². The lowest BCUT2D eigenvalue weighted by Gasteiger charge is -2.19. The highest BCUT2D eigenvalue weighted by molar-refractivity contribution is 5.76. The van der Waals surface area contributed by atoms with Crippen LogP contribution in [0.4, 0.5) is 0 Å². The summed E-state index contributed by atoms with van der Waals surface area (Å²) in [5.41, 5.74) is 0. The van der Waals surface area contributed by atoms with Crippen LogP contribution in [0, 0.1) is 0 Å². The molecule has 2 atom stereocenters. The Labute approximate surface area is 129 Å². The van der Waals surface area contributed by atoms with E-state index in [9.17, 15) is 15.0 Å². The van der Waals surface area contributed by atoms with E-state index in [2.05, 4.69) is 19.2 Å². The van der Waals surface area contributed by atoms with E-state index in [-0.39, 0.29) is 12.5 Å². The Bertz CT molecular complexity index is 279.